The minimum atomic E-state index is -0.560. The van der Waals surface area contributed by atoms with Crippen molar-refractivity contribution in [2.24, 2.45) is 5.73 Å². The summed E-state index contributed by atoms with van der Waals surface area (Å²) in [7, 11) is 1.67. The van der Waals surface area contributed by atoms with Gasteiger partial charge < -0.3 is 16.4 Å². The lowest BCUT2D eigenvalue weighted by atomic mass is 10.1. The third-order valence-electron chi connectivity index (χ3n) is 1.80. The lowest BCUT2D eigenvalue weighted by Gasteiger charge is -2.07. The lowest BCUT2D eigenvalue weighted by Crippen LogP contribution is -2.26. The molecular formula is C10H13N3O2. The van der Waals surface area contributed by atoms with Gasteiger partial charge in [-0.25, -0.2) is 0 Å². The Hall–Kier alpha value is -1.88. The molecule has 0 aliphatic carbocycles. The van der Waals surface area contributed by atoms with Crippen LogP contribution in [0.5, 0.6) is 0 Å². The van der Waals surface area contributed by atoms with Crippen molar-refractivity contribution in [3.8, 4) is 0 Å². The fourth-order valence-corrected chi connectivity index (χ4v) is 1.16. The number of likely N-dealkylation sites (N-methyl/N-ethyl adjacent to an activating group) is 1. The molecule has 0 fully saturated rings. The predicted molar refractivity (Wildman–Crippen MR) is 57.5 cm³/mol. The van der Waals surface area contributed by atoms with Crippen LogP contribution < -0.4 is 16.4 Å². The molecule has 5 nitrogen and oxygen atoms in total. The van der Waals surface area contributed by atoms with Crippen LogP contribution in [0.1, 0.15) is 10.4 Å². The zero-order valence-electron chi connectivity index (χ0n) is 8.41. The van der Waals surface area contributed by atoms with Gasteiger partial charge in [0.05, 0.1) is 17.8 Å². The molecule has 1 aromatic carbocycles. The van der Waals surface area contributed by atoms with Crippen LogP contribution in [-0.2, 0) is 4.79 Å². The van der Waals surface area contributed by atoms with E-state index in [-0.39, 0.29) is 12.5 Å². The SMILES string of the molecule is CNCC(=O)Nc1ccccc1C(N)=O. The van der Waals surface area contributed by atoms with Crippen LogP contribution >= 0.6 is 0 Å². The molecule has 0 saturated carbocycles. The summed E-state index contributed by atoms with van der Waals surface area (Å²) >= 11 is 0. The van der Waals surface area contributed by atoms with Crippen LogP contribution in [0.25, 0.3) is 0 Å². The number of hydrogen-bond acceptors (Lipinski definition) is 3. The van der Waals surface area contributed by atoms with E-state index in [4.69, 9.17) is 5.73 Å². The Labute approximate surface area is 87.7 Å². The Bertz CT molecular complexity index is 377. The minimum absolute atomic E-state index is 0.188. The number of carbonyl (C=O) groups excluding carboxylic acids is 2. The maximum absolute atomic E-state index is 11.3. The Morgan fingerprint density at radius 1 is 1.33 bits per heavy atom. The summed E-state index contributed by atoms with van der Waals surface area (Å²) < 4.78 is 0. The molecule has 0 unspecified atom stereocenters. The van der Waals surface area contributed by atoms with Crippen molar-refractivity contribution in [1.82, 2.24) is 5.32 Å². The molecule has 0 saturated heterocycles. The number of para-hydroxylation sites is 1. The number of primary amides is 1. The van der Waals surface area contributed by atoms with Crippen LogP contribution in [0, 0.1) is 0 Å². The summed E-state index contributed by atoms with van der Waals surface area (Å²) in [5.74, 6) is -0.776. The number of hydrogen-bond donors (Lipinski definition) is 3. The summed E-state index contributed by atoms with van der Waals surface area (Å²) in [6.45, 7) is 0.188. The average Bonchev–Trinajstić information content (AvgIpc) is 2.18. The van der Waals surface area contributed by atoms with E-state index in [0.717, 1.165) is 0 Å². The zero-order valence-corrected chi connectivity index (χ0v) is 8.41. The van der Waals surface area contributed by atoms with Crippen molar-refractivity contribution in [2.45, 2.75) is 0 Å². The van der Waals surface area contributed by atoms with Crippen LogP contribution in [0.15, 0.2) is 24.3 Å². The molecule has 5 heteroatoms. The highest BCUT2D eigenvalue weighted by atomic mass is 16.2. The van der Waals surface area contributed by atoms with Gasteiger partial charge in [-0.2, -0.15) is 0 Å². The molecule has 1 aromatic rings. The molecule has 1 rings (SSSR count). The summed E-state index contributed by atoms with van der Waals surface area (Å²) in [4.78, 5) is 22.3. The second-order valence-electron chi connectivity index (χ2n) is 2.99. The van der Waals surface area contributed by atoms with Crippen molar-refractivity contribution in [1.29, 1.82) is 0 Å². The third kappa shape index (κ3) is 3.07. The highest BCUT2D eigenvalue weighted by Gasteiger charge is 2.08. The number of carbonyl (C=O) groups is 2. The molecule has 0 aliphatic rings. The predicted octanol–water partition coefficient (Wildman–Crippen LogP) is -0.0566. The maximum Gasteiger partial charge on any atom is 0.250 e. The molecule has 0 spiro atoms. The average molecular weight is 207 g/mol. The standard InChI is InChI=1S/C10H13N3O2/c1-12-6-9(14)13-8-5-3-2-4-7(8)10(11)15/h2-5,12H,6H2,1H3,(H2,11,15)(H,13,14). The Balaban J connectivity index is 2.84. The van der Waals surface area contributed by atoms with E-state index < -0.39 is 5.91 Å². The zero-order chi connectivity index (χ0) is 11.3. The molecule has 0 bridgehead atoms. The minimum Gasteiger partial charge on any atom is -0.366 e. The van der Waals surface area contributed by atoms with Gasteiger partial charge in [0.1, 0.15) is 0 Å². The van der Waals surface area contributed by atoms with Gasteiger partial charge in [0, 0.05) is 0 Å². The van der Waals surface area contributed by atoms with Gasteiger partial charge >= 0.3 is 0 Å². The third-order valence-corrected chi connectivity index (χ3v) is 1.80. The lowest BCUT2D eigenvalue weighted by molar-refractivity contribution is -0.115. The van der Waals surface area contributed by atoms with E-state index in [9.17, 15) is 9.59 Å². The topological polar surface area (TPSA) is 84.2 Å². The van der Waals surface area contributed by atoms with Crippen LogP contribution in [0.3, 0.4) is 0 Å². The number of benzene rings is 1. The monoisotopic (exact) mass is 207 g/mol. The molecule has 2 amide bonds. The van der Waals surface area contributed by atoms with Crippen LogP contribution in [0.4, 0.5) is 5.69 Å². The fourth-order valence-electron chi connectivity index (χ4n) is 1.16. The number of anilines is 1. The van der Waals surface area contributed by atoms with Crippen molar-refractivity contribution in [3.05, 3.63) is 29.8 Å². The van der Waals surface area contributed by atoms with E-state index in [1.54, 1.807) is 31.3 Å². The first kappa shape index (κ1) is 11.2. The summed E-state index contributed by atoms with van der Waals surface area (Å²) in [6.07, 6.45) is 0. The summed E-state index contributed by atoms with van der Waals surface area (Å²) in [5, 5.41) is 5.30. The molecule has 15 heavy (non-hydrogen) atoms. The quantitative estimate of drug-likeness (QED) is 0.646. The first-order valence-corrected chi connectivity index (χ1v) is 4.48. The molecule has 0 atom stereocenters. The van der Waals surface area contributed by atoms with Gasteiger partial charge in [-0.3, -0.25) is 9.59 Å². The molecule has 0 heterocycles. The van der Waals surface area contributed by atoms with Gasteiger partial charge in [-0.1, -0.05) is 12.1 Å². The second kappa shape index (κ2) is 5.11. The van der Waals surface area contributed by atoms with Crippen LogP contribution in [0.2, 0.25) is 0 Å². The van der Waals surface area contributed by atoms with Gasteiger partial charge in [0.15, 0.2) is 0 Å². The van der Waals surface area contributed by atoms with E-state index in [0.29, 0.717) is 11.3 Å². The molecule has 0 aromatic heterocycles. The van der Waals surface area contributed by atoms with Crippen molar-refractivity contribution in [3.63, 3.8) is 0 Å². The van der Waals surface area contributed by atoms with Gasteiger partial charge in [0.2, 0.25) is 5.91 Å². The van der Waals surface area contributed by atoms with E-state index in [1.165, 1.54) is 0 Å². The Morgan fingerprint density at radius 2 is 2.00 bits per heavy atom. The molecule has 0 aliphatic heterocycles. The van der Waals surface area contributed by atoms with Crippen LogP contribution in [-0.4, -0.2) is 25.4 Å². The number of amides is 2. The molecule has 0 radical (unpaired) electrons. The Kier molecular flexibility index (Phi) is 3.82. The Morgan fingerprint density at radius 3 is 2.60 bits per heavy atom. The number of nitrogens with two attached hydrogens (primary N) is 1. The van der Waals surface area contributed by atoms with E-state index in [2.05, 4.69) is 10.6 Å². The highest BCUT2D eigenvalue weighted by molar-refractivity contribution is 6.03. The van der Waals surface area contributed by atoms with E-state index >= 15 is 0 Å². The maximum atomic E-state index is 11.3. The van der Waals surface area contributed by atoms with Crippen molar-refractivity contribution < 1.29 is 9.59 Å². The normalized spacial score (nSPS) is 9.67. The summed E-state index contributed by atoms with van der Waals surface area (Å²) in [6, 6.07) is 6.61. The smallest absolute Gasteiger partial charge is 0.250 e. The van der Waals surface area contributed by atoms with Gasteiger partial charge in [-0.05, 0) is 19.2 Å². The van der Waals surface area contributed by atoms with E-state index in [1.807, 2.05) is 0 Å². The number of rotatable bonds is 4. The van der Waals surface area contributed by atoms with Crippen molar-refractivity contribution in [2.75, 3.05) is 18.9 Å². The van der Waals surface area contributed by atoms with Gasteiger partial charge in [0.25, 0.3) is 5.91 Å². The van der Waals surface area contributed by atoms with Gasteiger partial charge in [-0.15, -0.1) is 0 Å². The van der Waals surface area contributed by atoms with Crippen molar-refractivity contribution >= 4 is 17.5 Å². The summed E-state index contributed by atoms with van der Waals surface area (Å²) in [5.41, 5.74) is 5.90. The molecular weight excluding hydrogens is 194 g/mol. The molecule has 80 valence electrons. The number of nitrogens with one attached hydrogen (secondary N) is 2. The molecule has 4 N–H and O–H groups in total. The highest BCUT2D eigenvalue weighted by Crippen LogP contribution is 2.13. The fraction of sp³-hybridized carbons (Fsp3) is 0.200. The largest absolute Gasteiger partial charge is 0.366 e. The first-order chi connectivity index (χ1) is 7.15. The second-order valence-corrected chi connectivity index (χ2v) is 2.99. The first-order valence-electron chi connectivity index (χ1n) is 4.48.